The van der Waals surface area contributed by atoms with Crippen molar-refractivity contribution in [2.45, 2.75) is 77.1 Å². The monoisotopic (exact) mass is 316 g/mol. The normalized spacial score (nSPS) is 38.7. The quantitative estimate of drug-likeness (QED) is 0.286. The maximum absolute atomic E-state index is 11.9. The molecule has 0 unspecified atom stereocenters. The van der Waals surface area contributed by atoms with E-state index in [0.717, 1.165) is 38.5 Å². The topological polar surface area (TPSA) is 38.8 Å². The molecule has 1 aliphatic carbocycles. The van der Waals surface area contributed by atoms with E-state index >= 15 is 0 Å². The van der Waals surface area contributed by atoms with Crippen LogP contribution < -0.4 is 0 Å². The third kappa shape index (κ3) is 3.60. The van der Waals surface area contributed by atoms with E-state index in [4.69, 9.17) is 9.47 Å². The van der Waals surface area contributed by atoms with Crippen molar-refractivity contribution in [2.75, 3.05) is 0 Å². The van der Waals surface area contributed by atoms with Crippen molar-refractivity contribution in [1.29, 1.82) is 0 Å². The Bertz CT molecular complexity index is 571. The van der Waals surface area contributed by atoms with Crippen molar-refractivity contribution in [3.63, 3.8) is 0 Å². The zero-order chi connectivity index (χ0) is 16.6. The first-order valence-corrected chi connectivity index (χ1v) is 8.78. The van der Waals surface area contributed by atoms with E-state index in [9.17, 15) is 4.79 Å². The highest BCUT2D eigenvalue weighted by atomic mass is 16.6. The molecule has 0 amide bonds. The molecule has 0 aromatic carbocycles. The number of hydrogen-bond donors (Lipinski definition) is 0. The lowest BCUT2D eigenvalue weighted by Crippen LogP contribution is -2.25. The Labute approximate surface area is 139 Å². The van der Waals surface area contributed by atoms with Gasteiger partial charge >= 0.3 is 5.97 Å². The maximum Gasteiger partial charge on any atom is 0.334 e. The van der Waals surface area contributed by atoms with Crippen LogP contribution in [-0.2, 0) is 14.3 Å². The van der Waals surface area contributed by atoms with Crippen molar-refractivity contribution < 1.29 is 14.3 Å². The Morgan fingerprint density at radius 2 is 1.96 bits per heavy atom. The second-order valence-electron chi connectivity index (χ2n) is 7.61. The second-order valence-corrected chi connectivity index (χ2v) is 7.61. The Kier molecular flexibility index (Phi) is 4.50. The highest BCUT2D eigenvalue weighted by Gasteiger charge is 2.55. The summed E-state index contributed by atoms with van der Waals surface area (Å²) in [4.78, 5) is 11.9. The molecule has 3 nitrogen and oxygen atoms in total. The smallest absolute Gasteiger partial charge is 0.334 e. The molecule has 3 rings (SSSR count). The molecule has 0 radical (unpaired) electrons. The molecule has 0 aromatic heterocycles. The summed E-state index contributed by atoms with van der Waals surface area (Å²) in [6.07, 6.45) is 10.7. The van der Waals surface area contributed by atoms with Crippen LogP contribution in [0.2, 0.25) is 0 Å². The van der Waals surface area contributed by atoms with Gasteiger partial charge in [0.25, 0.3) is 0 Å². The molecule has 3 aliphatic rings. The first-order chi connectivity index (χ1) is 10.9. The summed E-state index contributed by atoms with van der Waals surface area (Å²) in [7, 11) is 0. The number of carbonyl (C=O) groups excluding carboxylic acids is 1. The number of allylic oxidation sites excluding steroid dienone is 4. The van der Waals surface area contributed by atoms with Gasteiger partial charge < -0.3 is 9.47 Å². The third-order valence-electron chi connectivity index (χ3n) is 5.61. The minimum atomic E-state index is -0.228. The summed E-state index contributed by atoms with van der Waals surface area (Å²) in [6, 6.07) is 0. The lowest BCUT2D eigenvalue weighted by Gasteiger charge is -2.19. The molecule has 2 heterocycles. The van der Waals surface area contributed by atoms with Crippen molar-refractivity contribution in [2.24, 2.45) is 5.92 Å². The first kappa shape index (κ1) is 16.5. The van der Waals surface area contributed by atoms with Crippen molar-refractivity contribution in [1.82, 2.24) is 0 Å². The minimum absolute atomic E-state index is 0.0892. The Morgan fingerprint density at radius 1 is 1.22 bits per heavy atom. The van der Waals surface area contributed by atoms with Crippen molar-refractivity contribution in [3.8, 4) is 0 Å². The van der Waals surface area contributed by atoms with E-state index in [1.807, 2.05) is 0 Å². The fourth-order valence-corrected chi connectivity index (χ4v) is 3.82. The lowest BCUT2D eigenvalue weighted by atomic mass is 9.85. The predicted octanol–water partition coefficient (Wildman–Crippen LogP) is 4.49. The first-order valence-electron chi connectivity index (χ1n) is 8.78. The molecular formula is C20H28O3. The van der Waals surface area contributed by atoms with Crippen LogP contribution in [0.15, 0.2) is 35.5 Å². The molecule has 0 spiro atoms. The van der Waals surface area contributed by atoms with Gasteiger partial charge in [-0.05, 0) is 52.9 Å². The van der Waals surface area contributed by atoms with Crippen molar-refractivity contribution >= 4 is 5.97 Å². The summed E-state index contributed by atoms with van der Waals surface area (Å²) in [6.45, 7) is 10.5. The van der Waals surface area contributed by atoms with Crippen LogP contribution in [0.4, 0.5) is 0 Å². The standard InChI is InChI=1S/C20H28O3/c1-13-6-5-7-14(2)9-11-18-20(4,23-18)12-17-16(10-8-13)15(3)19(21)22-17/h7-8,16-18H,3,5-6,9-12H2,1-2,4H3/t16-,17+,18-,20-/m1/s1. The lowest BCUT2D eigenvalue weighted by molar-refractivity contribution is -0.139. The molecule has 0 aromatic rings. The van der Waals surface area contributed by atoms with Gasteiger partial charge in [-0.1, -0.05) is 29.9 Å². The number of epoxide rings is 1. The molecular weight excluding hydrogens is 288 g/mol. The molecule has 3 heteroatoms. The molecule has 4 atom stereocenters. The molecule has 0 N–H and O–H groups in total. The van der Waals surface area contributed by atoms with Gasteiger partial charge in [-0.3, -0.25) is 0 Å². The highest BCUT2D eigenvalue weighted by molar-refractivity contribution is 5.90. The van der Waals surface area contributed by atoms with E-state index in [-0.39, 0.29) is 23.6 Å². The fourth-order valence-electron chi connectivity index (χ4n) is 3.82. The summed E-state index contributed by atoms with van der Waals surface area (Å²) in [5.41, 5.74) is 3.31. The van der Waals surface area contributed by atoms with Crippen LogP contribution in [0.1, 0.15) is 59.3 Å². The van der Waals surface area contributed by atoms with E-state index in [2.05, 4.69) is 39.5 Å². The third-order valence-corrected chi connectivity index (χ3v) is 5.61. The number of rotatable bonds is 0. The average Bonchev–Trinajstić information content (AvgIpc) is 3.05. The van der Waals surface area contributed by atoms with Gasteiger partial charge in [-0.2, -0.15) is 0 Å². The predicted molar refractivity (Wildman–Crippen MR) is 91.0 cm³/mol. The highest BCUT2D eigenvalue weighted by Crippen LogP contribution is 2.47. The number of carbonyl (C=O) groups is 1. The number of fused-ring (bicyclic) bond motifs is 2. The van der Waals surface area contributed by atoms with E-state index in [1.165, 1.54) is 11.1 Å². The molecule has 2 aliphatic heterocycles. The number of hydrogen-bond acceptors (Lipinski definition) is 3. The van der Waals surface area contributed by atoms with Gasteiger partial charge in [0.1, 0.15) is 6.10 Å². The fraction of sp³-hybridized carbons (Fsp3) is 0.650. The van der Waals surface area contributed by atoms with Gasteiger partial charge in [-0.25, -0.2) is 4.79 Å². The van der Waals surface area contributed by atoms with Crippen LogP contribution in [0, 0.1) is 5.92 Å². The summed E-state index contributed by atoms with van der Waals surface area (Å²) < 4.78 is 11.6. The average molecular weight is 316 g/mol. The zero-order valence-corrected chi connectivity index (χ0v) is 14.6. The summed E-state index contributed by atoms with van der Waals surface area (Å²) >= 11 is 0. The Balaban J connectivity index is 1.79. The van der Waals surface area contributed by atoms with Crippen LogP contribution in [0.3, 0.4) is 0 Å². The zero-order valence-electron chi connectivity index (χ0n) is 14.6. The van der Waals surface area contributed by atoms with Crippen LogP contribution in [0.25, 0.3) is 0 Å². The Hall–Kier alpha value is -1.35. The molecule has 126 valence electrons. The molecule has 23 heavy (non-hydrogen) atoms. The molecule has 0 bridgehead atoms. The van der Waals surface area contributed by atoms with E-state index < -0.39 is 0 Å². The summed E-state index contributed by atoms with van der Waals surface area (Å²) in [5, 5.41) is 0. The maximum atomic E-state index is 11.9. The van der Waals surface area contributed by atoms with Gasteiger partial charge in [0.2, 0.25) is 0 Å². The number of ether oxygens (including phenoxy) is 2. The van der Waals surface area contributed by atoms with E-state index in [1.54, 1.807) is 0 Å². The van der Waals surface area contributed by atoms with Crippen molar-refractivity contribution in [3.05, 3.63) is 35.5 Å². The SMILES string of the molecule is C=C1C(=O)O[C@H]2C[C@@]3(C)O[C@@H]3CCC(C)=CCCC(C)=CC[C@H]12. The van der Waals surface area contributed by atoms with Crippen LogP contribution in [0.5, 0.6) is 0 Å². The molecule has 0 saturated carbocycles. The van der Waals surface area contributed by atoms with Gasteiger partial charge in [0.05, 0.1) is 11.7 Å². The van der Waals surface area contributed by atoms with Gasteiger partial charge in [0.15, 0.2) is 0 Å². The largest absolute Gasteiger partial charge is 0.458 e. The molecule has 2 saturated heterocycles. The molecule has 2 fully saturated rings. The second kappa shape index (κ2) is 6.27. The number of esters is 1. The Morgan fingerprint density at radius 3 is 2.74 bits per heavy atom. The van der Waals surface area contributed by atoms with E-state index in [0.29, 0.717) is 11.7 Å². The minimum Gasteiger partial charge on any atom is -0.458 e. The van der Waals surface area contributed by atoms with Crippen LogP contribution >= 0.6 is 0 Å². The van der Waals surface area contributed by atoms with Gasteiger partial charge in [0, 0.05) is 17.9 Å². The summed E-state index contributed by atoms with van der Waals surface area (Å²) in [5.74, 6) is -0.131. The van der Waals surface area contributed by atoms with Gasteiger partial charge in [-0.15, -0.1) is 0 Å². The van der Waals surface area contributed by atoms with Crippen LogP contribution in [-0.4, -0.2) is 23.8 Å².